The van der Waals surface area contributed by atoms with E-state index in [9.17, 15) is 4.79 Å². The van der Waals surface area contributed by atoms with Crippen molar-refractivity contribution in [3.63, 3.8) is 0 Å². The van der Waals surface area contributed by atoms with Gasteiger partial charge in [-0.05, 0) is 6.42 Å². The van der Waals surface area contributed by atoms with Crippen LogP contribution >= 0.6 is 0 Å². The lowest BCUT2D eigenvalue weighted by molar-refractivity contribution is -0.117. The minimum atomic E-state index is -0.00239. The average molecular weight is 156 g/mol. The van der Waals surface area contributed by atoms with Crippen molar-refractivity contribution < 1.29 is 9.53 Å². The predicted octanol–water partition coefficient (Wildman–Crippen LogP) is -0.0587. The maximum Gasteiger partial charge on any atom is 0.246 e. The quantitative estimate of drug-likeness (QED) is 0.580. The summed E-state index contributed by atoms with van der Waals surface area (Å²) in [7, 11) is 1.66. The van der Waals surface area contributed by atoms with Gasteiger partial charge in [-0.25, -0.2) is 0 Å². The molecular weight excluding hydrogens is 144 g/mol. The number of hydrogen-bond acceptors (Lipinski definition) is 3. The van der Waals surface area contributed by atoms with Crippen molar-refractivity contribution in [3.05, 3.63) is 0 Å². The highest BCUT2D eigenvalue weighted by atomic mass is 16.5. The highest BCUT2D eigenvalue weighted by Crippen LogP contribution is 1.96. The third-order valence-corrected chi connectivity index (χ3v) is 1.46. The van der Waals surface area contributed by atoms with Gasteiger partial charge in [0.15, 0.2) is 0 Å². The molecule has 0 aromatic rings. The average Bonchev–Trinajstić information content (AvgIpc) is 2.37. The summed E-state index contributed by atoms with van der Waals surface area (Å²) in [6.45, 7) is 1.01. The molecule has 0 aromatic heterocycles. The minimum Gasteiger partial charge on any atom is -0.385 e. The summed E-state index contributed by atoms with van der Waals surface area (Å²) >= 11 is 0. The van der Waals surface area contributed by atoms with E-state index in [1.807, 2.05) is 0 Å². The molecule has 11 heavy (non-hydrogen) atoms. The van der Waals surface area contributed by atoms with E-state index < -0.39 is 0 Å². The molecule has 1 aliphatic rings. The Morgan fingerprint density at radius 2 is 2.55 bits per heavy atom. The number of amidine groups is 1. The topological polar surface area (TPSA) is 50.7 Å². The smallest absolute Gasteiger partial charge is 0.246 e. The molecule has 0 saturated carbocycles. The molecule has 0 radical (unpaired) electrons. The summed E-state index contributed by atoms with van der Waals surface area (Å²) in [5.41, 5.74) is 0. The van der Waals surface area contributed by atoms with Gasteiger partial charge in [-0.15, -0.1) is 0 Å². The van der Waals surface area contributed by atoms with Crippen LogP contribution in [-0.4, -0.2) is 32.0 Å². The van der Waals surface area contributed by atoms with Crippen LogP contribution < -0.4 is 5.32 Å². The van der Waals surface area contributed by atoms with Gasteiger partial charge in [-0.3, -0.25) is 9.79 Å². The molecular formula is C7H12N2O2. The van der Waals surface area contributed by atoms with Crippen LogP contribution in [0.1, 0.15) is 12.8 Å². The molecule has 0 saturated heterocycles. The van der Waals surface area contributed by atoms with Gasteiger partial charge in [0.2, 0.25) is 5.91 Å². The van der Waals surface area contributed by atoms with Crippen LogP contribution in [0.25, 0.3) is 0 Å². The first-order valence-electron chi connectivity index (χ1n) is 3.65. The lowest BCUT2D eigenvalue weighted by Crippen LogP contribution is -2.24. The zero-order chi connectivity index (χ0) is 8.10. The Bertz CT molecular complexity index is 177. The van der Waals surface area contributed by atoms with Gasteiger partial charge in [-0.2, -0.15) is 0 Å². The monoisotopic (exact) mass is 156 g/mol. The Morgan fingerprint density at radius 3 is 3.09 bits per heavy atom. The van der Waals surface area contributed by atoms with Crippen molar-refractivity contribution >= 4 is 11.7 Å². The fourth-order valence-corrected chi connectivity index (χ4v) is 0.933. The van der Waals surface area contributed by atoms with Gasteiger partial charge in [0.1, 0.15) is 12.4 Å². The highest BCUT2D eigenvalue weighted by Gasteiger charge is 2.11. The summed E-state index contributed by atoms with van der Waals surface area (Å²) in [6, 6.07) is 0. The Labute approximate surface area is 65.6 Å². The van der Waals surface area contributed by atoms with E-state index in [-0.39, 0.29) is 5.91 Å². The van der Waals surface area contributed by atoms with Crippen LogP contribution in [0.4, 0.5) is 0 Å². The Balaban J connectivity index is 2.13. The number of carbonyl (C=O) groups excluding carboxylic acids is 1. The fraction of sp³-hybridized carbons (Fsp3) is 0.714. The van der Waals surface area contributed by atoms with Gasteiger partial charge in [0.25, 0.3) is 0 Å². The van der Waals surface area contributed by atoms with Crippen LogP contribution in [-0.2, 0) is 9.53 Å². The highest BCUT2D eigenvalue weighted by molar-refractivity contribution is 6.03. The third kappa shape index (κ3) is 2.67. The summed E-state index contributed by atoms with van der Waals surface area (Å²) in [4.78, 5) is 14.6. The van der Waals surface area contributed by atoms with Crippen molar-refractivity contribution in [1.29, 1.82) is 0 Å². The van der Waals surface area contributed by atoms with Gasteiger partial charge in [0, 0.05) is 20.1 Å². The minimum absolute atomic E-state index is 0.00239. The SMILES string of the molecule is COCCCC1=NCC(=O)N1. The molecule has 4 nitrogen and oxygen atoms in total. The van der Waals surface area contributed by atoms with Crippen LogP contribution in [0, 0.1) is 0 Å². The second kappa shape index (κ2) is 4.08. The summed E-state index contributed by atoms with van der Waals surface area (Å²) in [5.74, 6) is 0.796. The molecule has 0 unspecified atom stereocenters. The number of methoxy groups -OCH3 is 1. The molecule has 0 atom stereocenters. The fourth-order valence-electron chi connectivity index (χ4n) is 0.933. The van der Waals surface area contributed by atoms with Crippen molar-refractivity contribution in [2.45, 2.75) is 12.8 Å². The van der Waals surface area contributed by atoms with Crippen LogP contribution in [0.3, 0.4) is 0 Å². The van der Waals surface area contributed by atoms with E-state index in [0.29, 0.717) is 6.54 Å². The standard InChI is InChI=1S/C7H12N2O2/c1-11-4-2-3-6-8-5-7(10)9-6/h2-5H2,1H3,(H,8,9,10). The van der Waals surface area contributed by atoms with Crippen molar-refractivity contribution in [2.24, 2.45) is 4.99 Å². The van der Waals surface area contributed by atoms with Crippen LogP contribution in [0.15, 0.2) is 4.99 Å². The lowest BCUT2D eigenvalue weighted by atomic mass is 10.3. The normalized spacial score (nSPS) is 16.5. The van der Waals surface area contributed by atoms with Gasteiger partial charge < -0.3 is 10.1 Å². The zero-order valence-corrected chi connectivity index (χ0v) is 6.59. The molecule has 0 bridgehead atoms. The van der Waals surface area contributed by atoms with E-state index in [0.717, 1.165) is 25.3 Å². The Morgan fingerprint density at radius 1 is 1.73 bits per heavy atom. The van der Waals surface area contributed by atoms with E-state index >= 15 is 0 Å². The molecule has 0 aromatic carbocycles. The summed E-state index contributed by atoms with van der Waals surface area (Å²) in [5, 5.41) is 2.67. The Kier molecular flexibility index (Phi) is 3.04. The first-order valence-corrected chi connectivity index (χ1v) is 3.65. The Hall–Kier alpha value is -0.900. The number of nitrogens with one attached hydrogen (secondary N) is 1. The molecule has 62 valence electrons. The number of rotatable bonds is 4. The maximum atomic E-state index is 10.6. The molecule has 1 N–H and O–H groups in total. The summed E-state index contributed by atoms with van der Waals surface area (Å²) in [6.07, 6.45) is 1.72. The molecule has 0 aliphatic carbocycles. The lowest BCUT2D eigenvalue weighted by Gasteiger charge is -1.99. The number of carbonyl (C=O) groups is 1. The third-order valence-electron chi connectivity index (χ3n) is 1.46. The molecule has 0 fully saturated rings. The van der Waals surface area contributed by atoms with Crippen molar-refractivity contribution in [3.8, 4) is 0 Å². The van der Waals surface area contributed by atoms with Crippen LogP contribution in [0.2, 0.25) is 0 Å². The van der Waals surface area contributed by atoms with E-state index in [2.05, 4.69) is 10.3 Å². The largest absolute Gasteiger partial charge is 0.385 e. The molecule has 1 rings (SSSR count). The van der Waals surface area contributed by atoms with E-state index in [4.69, 9.17) is 4.74 Å². The molecule has 1 aliphatic heterocycles. The van der Waals surface area contributed by atoms with E-state index in [1.54, 1.807) is 7.11 Å². The van der Waals surface area contributed by atoms with Gasteiger partial charge in [-0.1, -0.05) is 0 Å². The number of aliphatic imine (C=N–C) groups is 1. The molecule has 4 heteroatoms. The zero-order valence-electron chi connectivity index (χ0n) is 6.59. The molecule has 0 spiro atoms. The second-order valence-corrected chi connectivity index (χ2v) is 2.41. The van der Waals surface area contributed by atoms with E-state index in [1.165, 1.54) is 0 Å². The maximum absolute atomic E-state index is 10.6. The van der Waals surface area contributed by atoms with Crippen molar-refractivity contribution in [2.75, 3.05) is 20.3 Å². The molecule has 1 amide bonds. The number of amides is 1. The second-order valence-electron chi connectivity index (χ2n) is 2.41. The van der Waals surface area contributed by atoms with Crippen molar-refractivity contribution in [1.82, 2.24) is 5.32 Å². The molecule has 1 heterocycles. The van der Waals surface area contributed by atoms with Crippen LogP contribution in [0.5, 0.6) is 0 Å². The first kappa shape index (κ1) is 8.20. The summed E-state index contributed by atoms with van der Waals surface area (Å²) < 4.78 is 4.86. The first-order chi connectivity index (χ1) is 5.33. The van der Waals surface area contributed by atoms with Gasteiger partial charge in [0.05, 0.1) is 0 Å². The number of nitrogens with zero attached hydrogens (tertiary/aromatic N) is 1. The number of hydrogen-bond donors (Lipinski definition) is 1. The predicted molar refractivity (Wildman–Crippen MR) is 41.6 cm³/mol. The number of ether oxygens (including phenoxy) is 1. The van der Waals surface area contributed by atoms with Gasteiger partial charge >= 0.3 is 0 Å².